The summed E-state index contributed by atoms with van der Waals surface area (Å²) >= 11 is 0. The van der Waals surface area contributed by atoms with Gasteiger partial charge in [-0.25, -0.2) is 0 Å². The minimum atomic E-state index is -0.448. The smallest absolute Gasteiger partial charge is 0.244 e. The van der Waals surface area contributed by atoms with Crippen molar-refractivity contribution in [2.75, 3.05) is 18.8 Å². The van der Waals surface area contributed by atoms with Gasteiger partial charge in [0.15, 0.2) is 0 Å². The molecule has 1 aromatic carbocycles. The molecule has 114 valence electrons. The van der Waals surface area contributed by atoms with Crippen molar-refractivity contribution in [1.29, 1.82) is 0 Å². The molecule has 5 nitrogen and oxygen atoms in total. The Labute approximate surface area is 125 Å². The van der Waals surface area contributed by atoms with Crippen molar-refractivity contribution < 1.29 is 9.59 Å². The van der Waals surface area contributed by atoms with E-state index in [1.165, 1.54) is 0 Å². The van der Waals surface area contributed by atoms with Gasteiger partial charge in [0, 0.05) is 25.2 Å². The van der Waals surface area contributed by atoms with Crippen LogP contribution in [0.15, 0.2) is 24.3 Å². The molecule has 1 saturated heterocycles. The van der Waals surface area contributed by atoms with Crippen LogP contribution in [0.4, 0.5) is 5.69 Å². The van der Waals surface area contributed by atoms with Crippen LogP contribution in [0.3, 0.4) is 0 Å². The molecule has 0 aromatic heterocycles. The quantitative estimate of drug-likeness (QED) is 0.803. The van der Waals surface area contributed by atoms with Gasteiger partial charge < -0.3 is 16.0 Å². The van der Waals surface area contributed by atoms with Crippen molar-refractivity contribution >= 4 is 17.5 Å². The van der Waals surface area contributed by atoms with E-state index in [1.807, 2.05) is 29.2 Å². The second-order valence-electron chi connectivity index (χ2n) is 5.57. The fraction of sp³-hybridized carbons (Fsp3) is 0.500. The zero-order chi connectivity index (χ0) is 15.2. The summed E-state index contributed by atoms with van der Waals surface area (Å²) in [5, 5.41) is 2.78. The van der Waals surface area contributed by atoms with Crippen molar-refractivity contribution in [3.63, 3.8) is 0 Å². The first-order chi connectivity index (χ1) is 10.1. The topological polar surface area (TPSA) is 75.4 Å². The largest absolute Gasteiger partial charge is 0.399 e. The molecule has 2 rings (SSSR count). The van der Waals surface area contributed by atoms with E-state index in [2.05, 4.69) is 5.32 Å². The fourth-order valence-corrected chi connectivity index (χ4v) is 2.59. The number of nitrogens with one attached hydrogen (secondary N) is 1. The lowest BCUT2D eigenvalue weighted by atomic mass is 10.1. The molecule has 3 N–H and O–H groups in total. The zero-order valence-corrected chi connectivity index (χ0v) is 12.5. The van der Waals surface area contributed by atoms with Crippen molar-refractivity contribution in [3.05, 3.63) is 29.8 Å². The van der Waals surface area contributed by atoms with Gasteiger partial charge in [0.05, 0.1) is 0 Å². The predicted octanol–water partition coefficient (Wildman–Crippen LogP) is 1.33. The number of nitrogen functional groups attached to an aromatic ring is 1. The number of amides is 2. The van der Waals surface area contributed by atoms with Gasteiger partial charge in [-0.1, -0.05) is 12.1 Å². The van der Waals surface area contributed by atoms with Crippen LogP contribution in [0.25, 0.3) is 0 Å². The Morgan fingerprint density at radius 2 is 2.05 bits per heavy atom. The number of anilines is 1. The maximum Gasteiger partial charge on any atom is 0.244 e. The van der Waals surface area contributed by atoms with Crippen molar-refractivity contribution in [1.82, 2.24) is 10.2 Å². The van der Waals surface area contributed by atoms with Crippen LogP contribution < -0.4 is 11.1 Å². The first-order valence-electron chi connectivity index (χ1n) is 7.49. The fourth-order valence-electron chi connectivity index (χ4n) is 2.59. The monoisotopic (exact) mass is 289 g/mol. The molecule has 0 spiro atoms. The highest BCUT2D eigenvalue weighted by Crippen LogP contribution is 2.10. The van der Waals surface area contributed by atoms with E-state index in [1.54, 1.807) is 6.92 Å². The Morgan fingerprint density at radius 3 is 2.71 bits per heavy atom. The van der Waals surface area contributed by atoms with Gasteiger partial charge in [0.2, 0.25) is 11.8 Å². The maximum atomic E-state index is 12.1. The summed E-state index contributed by atoms with van der Waals surface area (Å²) in [5.74, 6) is -0.0812. The molecule has 21 heavy (non-hydrogen) atoms. The molecule has 1 aliphatic heterocycles. The van der Waals surface area contributed by atoms with Crippen LogP contribution in [0, 0.1) is 0 Å². The van der Waals surface area contributed by atoms with Crippen LogP contribution in [0.1, 0.15) is 31.7 Å². The summed E-state index contributed by atoms with van der Waals surface area (Å²) in [6.45, 7) is 3.36. The minimum Gasteiger partial charge on any atom is -0.399 e. The number of aryl methyl sites for hydroxylation is 1. The number of benzene rings is 1. The normalized spacial score (nSPS) is 15.8. The highest BCUT2D eigenvalue weighted by Gasteiger charge is 2.24. The van der Waals surface area contributed by atoms with E-state index in [0.29, 0.717) is 18.5 Å². The van der Waals surface area contributed by atoms with E-state index < -0.39 is 6.04 Å². The number of nitrogens with two attached hydrogens (primary N) is 1. The molecule has 5 heteroatoms. The van der Waals surface area contributed by atoms with Gasteiger partial charge in [-0.3, -0.25) is 9.59 Å². The highest BCUT2D eigenvalue weighted by molar-refractivity contribution is 5.87. The van der Waals surface area contributed by atoms with Crippen LogP contribution in [-0.2, 0) is 16.0 Å². The number of likely N-dealkylation sites (tertiary alicyclic amines) is 1. The number of nitrogens with zero attached hydrogens (tertiary/aromatic N) is 1. The van der Waals surface area contributed by atoms with Gasteiger partial charge in [0.25, 0.3) is 0 Å². The van der Waals surface area contributed by atoms with E-state index in [4.69, 9.17) is 5.73 Å². The number of carbonyl (C=O) groups is 2. The molecule has 1 atom stereocenters. The summed E-state index contributed by atoms with van der Waals surface area (Å²) in [6.07, 6.45) is 3.10. The Kier molecular flexibility index (Phi) is 5.20. The Hall–Kier alpha value is -2.04. The summed E-state index contributed by atoms with van der Waals surface area (Å²) in [4.78, 5) is 25.8. The Morgan fingerprint density at radius 1 is 1.33 bits per heavy atom. The molecule has 2 amide bonds. The lowest BCUT2D eigenvalue weighted by Crippen LogP contribution is -2.46. The third kappa shape index (κ3) is 4.48. The molecule has 0 saturated carbocycles. The van der Waals surface area contributed by atoms with Gasteiger partial charge in [-0.2, -0.15) is 0 Å². The maximum absolute atomic E-state index is 12.1. The summed E-state index contributed by atoms with van der Waals surface area (Å²) < 4.78 is 0. The van der Waals surface area contributed by atoms with E-state index >= 15 is 0 Å². The number of rotatable bonds is 5. The minimum absolute atomic E-state index is 0.0183. The molecule has 0 radical (unpaired) electrons. The van der Waals surface area contributed by atoms with Crippen molar-refractivity contribution in [2.24, 2.45) is 0 Å². The average molecular weight is 289 g/mol. The lowest BCUT2D eigenvalue weighted by molar-refractivity contribution is -0.135. The molecule has 0 bridgehead atoms. The number of carbonyl (C=O) groups excluding carboxylic acids is 2. The Bertz CT molecular complexity index is 510. The second kappa shape index (κ2) is 7.11. The third-order valence-electron chi connectivity index (χ3n) is 3.76. The van der Waals surface area contributed by atoms with E-state index in [-0.39, 0.29) is 11.8 Å². The van der Waals surface area contributed by atoms with E-state index in [9.17, 15) is 9.59 Å². The summed E-state index contributed by atoms with van der Waals surface area (Å²) in [7, 11) is 0. The molecule has 1 unspecified atom stereocenters. The predicted molar refractivity (Wildman–Crippen MR) is 82.6 cm³/mol. The first kappa shape index (κ1) is 15.4. The number of hydrogen-bond acceptors (Lipinski definition) is 3. The van der Waals surface area contributed by atoms with Gasteiger partial charge in [-0.05, 0) is 43.9 Å². The van der Waals surface area contributed by atoms with Crippen molar-refractivity contribution in [2.45, 2.75) is 38.6 Å². The van der Waals surface area contributed by atoms with Gasteiger partial charge in [0.1, 0.15) is 6.04 Å². The Balaban J connectivity index is 1.77. The first-order valence-corrected chi connectivity index (χ1v) is 7.49. The second-order valence-corrected chi connectivity index (χ2v) is 5.57. The number of hydrogen-bond donors (Lipinski definition) is 2. The van der Waals surface area contributed by atoms with Gasteiger partial charge in [-0.15, -0.1) is 0 Å². The van der Waals surface area contributed by atoms with E-state index in [0.717, 1.165) is 31.5 Å². The summed E-state index contributed by atoms with van der Waals surface area (Å²) in [6, 6.07) is 7.06. The molecular formula is C16H23N3O2. The highest BCUT2D eigenvalue weighted by atomic mass is 16.2. The standard InChI is InChI=1S/C16H23N3O2/c1-12(16(21)19-9-2-3-10-19)18-15(20)8-7-13-5-4-6-14(17)11-13/h4-6,11-12H,2-3,7-10,17H2,1H3,(H,18,20). The molecule has 1 aromatic rings. The third-order valence-corrected chi connectivity index (χ3v) is 3.76. The summed E-state index contributed by atoms with van der Waals surface area (Å²) in [5.41, 5.74) is 7.44. The van der Waals surface area contributed by atoms with Crippen molar-refractivity contribution in [3.8, 4) is 0 Å². The lowest BCUT2D eigenvalue weighted by Gasteiger charge is -2.21. The van der Waals surface area contributed by atoms with Crippen LogP contribution >= 0.6 is 0 Å². The van der Waals surface area contributed by atoms with Crippen LogP contribution in [-0.4, -0.2) is 35.8 Å². The van der Waals surface area contributed by atoms with Crippen LogP contribution in [0.2, 0.25) is 0 Å². The molecule has 1 aliphatic rings. The average Bonchev–Trinajstić information content (AvgIpc) is 2.98. The molecule has 1 heterocycles. The SMILES string of the molecule is CC(NC(=O)CCc1cccc(N)c1)C(=O)N1CCCC1. The molecule has 0 aliphatic carbocycles. The zero-order valence-electron chi connectivity index (χ0n) is 12.5. The molecular weight excluding hydrogens is 266 g/mol. The van der Waals surface area contributed by atoms with Crippen LogP contribution in [0.5, 0.6) is 0 Å². The molecule has 1 fully saturated rings. The van der Waals surface area contributed by atoms with Gasteiger partial charge >= 0.3 is 0 Å².